The molecule has 1 N–H and O–H groups in total. The summed E-state index contributed by atoms with van der Waals surface area (Å²) in [7, 11) is 3.85. The van der Waals surface area contributed by atoms with Crippen LogP contribution in [0.3, 0.4) is 0 Å². The Morgan fingerprint density at radius 2 is 1.91 bits per heavy atom. The highest BCUT2D eigenvalue weighted by Crippen LogP contribution is 2.31. The van der Waals surface area contributed by atoms with Gasteiger partial charge in [-0.2, -0.15) is 5.10 Å². The largest absolute Gasteiger partial charge is 0.492 e. The standard InChI is InChI=1S/C16H19N5O2/c1-9-11-6-13-14(7-12(11)15(22)18-17-9)21(16(23)20(13)3)10-4-5-19(2)8-10/h6-7,10H,4-5,8H2,1-3H3,(H,18,22). The van der Waals surface area contributed by atoms with Crippen LogP contribution in [-0.4, -0.2) is 49.5 Å². The average molecular weight is 313 g/mol. The first-order chi connectivity index (χ1) is 11.0. The number of benzene rings is 1. The number of aromatic nitrogens is 4. The van der Waals surface area contributed by atoms with Gasteiger partial charge in [-0.25, -0.2) is 4.79 Å². The maximum Gasteiger partial charge on any atom is 0.329 e. The van der Waals surface area contributed by atoms with Crippen molar-refractivity contribution in [1.29, 1.82) is 0 Å². The molecule has 3 aromatic rings. The van der Waals surface area contributed by atoms with Gasteiger partial charge in [0, 0.05) is 24.4 Å². The lowest BCUT2D eigenvalue weighted by Gasteiger charge is -2.13. The average Bonchev–Trinajstić information content (AvgIpc) is 3.05. The Morgan fingerprint density at radius 1 is 1.17 bits per heavy atom. The maximum atomic E-state index is 12.7. The summed E-state index contributed by atoms with van der Waals surface area (Å²) in [6, 6.07) is 3.94. The molecule has 2 aromatic heterocycles. The Kier molecular flexibility index (Phi) is 2.96. The van der Waals surface area contributed by atoms with E-state index in [1.54, 1.807) is 11.6 Å². The minimum atomic E-state index is -0.0982. The number of hydrogen-bond donors (Lipinski definition) is 1. The van der Waals surface area contributed by atoms with E-state index in [-0.39, 0.29) is 17.6 Å². The zero-order chi connectivity index (χ0) is 16.3. The van der Waals surface area contributed by atoms with Gasteiger partial charge >= 0.3 is 5.69 Å². The van der Waals surface area contributed by atoms with E-state index in [0.29, 0.717) is 5.39 Å². The third kappa shape index (κ3) is 1.96. The Morgan fingerprint density at radius 3 is 2.61 bits per heavy atom. The summed E-state index contributed by atoms with van der Waals surface area (Å²) < 4.78 is 3.53. The Labute approximate surface area is 132 Å². The molecule has 23 heavy (non-hydrogen) atoms. The summed E-state index contributed by atoms with van der Waals surface area (Å²) in [4.78, 5) is 15.0. The van der Waals surface area contributed by atoms with Gasteiger partial charge < -0.3 is 10.0 Å². The predicted molar refractivity (Wildman–Crippen MR) is 87.8 cm³/mol. The SMILES string of the molecule is Cc1nnc(O)c2cc3c(cc12)n(C)c(=O)n3C1CCN(C)C1. The molecule has 7 heteroatoms. The smallest absolute Gasteiger partial charge is 0.329 e. The van der Waals surface area contributed by atoms with Gasteiger partial charge in [0.25, 0.3) is 0 Å². The number of hydrogen-bond acceptors (Lipinski definition) is 5. The number of imidazole rings is 1. The molecule has 0 bridgehead atoms. The van der Waals surface area contributed by atoms with Crippen LogP contribution in [0.25, 0.3) is 21.8 Å². The maximum absolute atomic E-state index is 12.7. The van der Waals surface area contributed by atoms with Crippen LogP contribution < -0.4 is 5.69 Å². The number of fused-ring (bicyclic) bond motifs is 2. The zero-order valence-electron chi connectivity index (χ0n) is 13.4. The van der Waals surface area contributed by atoms with Crippen LogP contribution in [0.5, 0.6) is 5.88 Å². The number of likely N-dealkylation sites (N-methyl/N-ethyl adjacent to an activating group) is 1. The molecule has 4 rings (SSSR count). The molecule has 0 spiro atoms. The minimum Gasteiger partial charge on any atom is -0.492 e. The minimum absolute atomic E-state index is 0.0198. The molecule has 1 saturated heterocycles. The van der Waals surface area contributed by atoms with Gasteiger partial charge in [-0.15, -0.1) is 5.10 Å². The fourth-order valence-electron chi connectivity index (χ4n) is 3.60. The molecule has 0 saturated carbocycles. The predicted octanol–water partition coefficient (Wildman–Crippen LogP) is 1.17. The number of nitrogens with zero attached hydrogens (tertiary/aromatic N) is 5. The molecule has 3 heterocycles. The first kappa shape index (κ1) is 14.2. The fraction of sp³-hybridized carbons (Fsp3) is 0.438. The molecule has 0 amide bonds. The van der Waals surface area contributed by atoms with Crippen molar-refractivity contribution in [1.82, 2.24) is 24.2 Å². The van der Waals surface area contributed by atoms with Crippen LogP contribution in [0.15, 0.2) is 16.9 Å². The van der Waals surface area contributed by atoms with Gasteiger partial charge in [-0.3, -0.25) is 9.13 Å². The van der Waals surface area contributed by atoms with E-state index in [1.165, 1.54) is 0 Å². The van der Waals surface area contributed by atoms with Crippen LogP contribution in [0.1, 0.15) is 18.2 Å². The molecule has 1 aromatic carbocycles. The van der Waals surface area contributed by atoms with E-state index >= 15 is 0 Å². The highest BCUT2D eigenvalue weighted by molar-refractivity contribution is 5.98. The quantitative estimate of drug-likeness (QED) is 0.730. The van der Waals surface area contributed by atoms with Crippen molar-refractivity contribution >= 4 is 21.8 Å². The Bertz CT molecular complexity index is 988. The summed E-state index contributed by atoms with van der Waals surface area (Å²) in [6.07, 6.45) is 0.952. The Balaban J connectivity index is 2.08. The second-order valence-corrected chi connectivity index (χ2v) is 6.41. The first-order valence-corrected chi connectivity index (χ1v) is 7.73. The van der Waals surface area contributed by atoms with E-state index in [9.17, 15) is 9.90 Å². The molecule has 7 nitrogen and oxygen atoms in total. The molecule has 1 fully saturated rings. The number of aryl methyl sites for hydroxylation is 2. The lowest BCUT2D eigenvalue weighted by Crippen LogP contribution is -2.27. The Hall–Kier alpha value is -2.41. The van der Waals surface area contributed by atoms with Gasteiger partial charge in [0.2, 0.25) is 5.88 Å². The molecular formula is C16H19N5O2. The van der Waals surface area contributed by atoms with Gasteiger partial charge in [0.1, 0.15) is 0 Å². The normalized spacial score (nSPS) is 19.2. The van der Waals surface area contributed by atoms with Crippen LogP contribution in [0.2, 0.25) is 0 Å². The van der Waals surface area contributed by atoms with Crippen molar-refractivity contribution in [3.05, 3.63) is 28.3 Å². The first-order valence-electron chi connectivity index (χ1n) is 7.73. The summed E-state index contributed by atoms with van der Waals surface area (Å²) >= 11 is 0. The van der Waals surface area contributed by atoms with E-state index < -0.39 is 0 Å². The molecule has 1 unspecified atom stereocenters. The van der Waals surface area contributed by atoms with E-state index in [2.05, 4.69) is 22.1 Å². The number of aromatic hydroxyl groups is 1. The molecule has 120 valence electrons. The summed E-state index contributed by atoms with van der Waals surface area (Å²) in [5.74, 6) is -0.0982. The van der Waals surface area contributed by atoms with Gasteiger partial charge in [-0.1, -0.05) is 0 Å². The van der Waals surface area contributed by atoms with E-state index in [1.807, 2.05) is 23.6 Å². The van der Waals surface area contributed by atoms with Crippen molar-refractivity contribution in [2.75, 3.05) is 20.1 Å². The second-order valence-electron chi connectivity index (χ2n) is 6.41. The second kappa shape index (κ2) is 4.79. The molecule has 0 radical (unpaired) electrons. The van der Waals surface area contributed by atoms with Crippen LogP contribution in [0.4, 0.5) is 0 Å². The summed E-state index contributed by atoms with van der Waals surface area (Å²) in [5.41, 5.74) is 2.41. The van der Waals surface area contributed by atoms with Gasteiger partial charge in [-0.05, 0) is 39.1 Å². The zero-order valence-corrected chi connectivity index (χ0v) is 13.4. The highest BCUT2D eigenvalue weighted by atomic mass is 16.3. The van der Waals surface area contributed by atoms with Crippen molar-refractivity contribution in [2.45, 2.75) is 19.4 Å². The number of rotatable bonds is 1. The van der Waals surface area contributed by atoms with Crippen molar-refractivity contribution in [3.8, 4) is 5.88 Å². The number of likely N-dealkylation sites (tertiary alicyclic amines) is 1. The fourth-order valence-corrected chi connectivity index (χ4v) is 3.60. The third-order valence-corrected chi connectivity index (χ3v) is 4.89. The summed E-state index contributed by atoms with van der Waals surface area (Å²) in [5, 5.41) is 19.3. The third-order valence-electron chi connectivity index (χ3n) is 4.89. The van der Waals surface area contributed by atoms with Crippen LogP contribution in [-0.2, 0) is 7.05 Å². The van der Waals surface area contributed by atoms with Crippen molar-refractivity contribution < 1.29 is 5.11 Å². The monoisotopic (exact) mass is 313 g/mol. The van der Waals surface area contributed by atoms with Crippen molar-refractivity contribution in [3.63, 3.8) is 0 Å². The van der Waals surface area contributed by atoms with Gasteiger partial charge in [0.15, 0.2) is 0 Å². The molecular weight excluding hydrogens is 294 g/mol. The topological polar surface area (TPSA) is 76.2 Å². The van der Waals surface area contributed by atoms with Crippen LogP contribution in [0, 0.1) is 6.92 Å². The molecule has 1 aliphatic heterocycles. The molecule has 1 aliphatic rings. The van der Waals surface area contributed by atoms with Crippen molar-refractivity contribution in [2.24, 2.45) is 7.05 Å². The van der Waals surface area contributed by atoms with E-state index in [0.717, 1.165) is 41.6 Å². The van der Waals surface area contributed by atoms with Crippen LogP contribution >= 0.6 is 0 Å². The highest BCUT2D eigenvalue weighted by Gasteiger charge is 2.26. The van der Waals surface area contributed by atoms with Gasteiger partial charge in [0.05, 0.1) is 22.8 Å². The lowest BCUT2D eigenvalue weighted by molar-refractivity contribution is 0.391. The lowest BCUT2D eigenvalue weighted by atomic mass is 10.1. The van der Waals surface area contributed by atoms with E-state index in [4.69, 9.17) is 0 Å². The summed E-state index contributed by atoms with van der Waals surface area (Å²) in [6.45, 7) is 3.69. The molecule has 1 atom stereocenters. The molecule has 0 aliphatic carbocycles.